The van der Waals surface area contributed by atoms with E-state index >= 15 is 0 Å². The molecule has 2 aromatic heterocycles. The van der Waals surface area contributed by atoms with Crippen LogP contribution in [0.3, 0.4) is 0 Å². The Bertz CT molecular complexity index is 569. The largest absolute Gasteiger partial charge is 0.393 e. The monoisotopic (exact) mass is 253 g/mol. The molecule has 0 aromatic carbocycles. The smallest absolute Gasteiger partial charge is 0.184 e. The van der Waals surface area contributed by atoms with Crippen LogP contribution in [0.15, 0.2) is 6.33 Å². The zero-order valence-electron chi connectivity index (χ0n) is 9.04. The van der Waals surface area contributed by atoms with E-state index in [2.05, 4.69) is 15.0 Å². The summed E-state index contributed by atoms with van der Waals surface area (Å²) in [7, 11) is 0. The van der Waals surface area contributed by atoms with Crippen molar-refractivity contribution in [3.8, 4) is 0 Å². The van der Waals surface area contributed by atoms with Gasteiger partial charge in [-0.15, -0.1) is 0 Å². The number of hydrogen-bond acceptors (Lipinski definition) is 5. The molecule has 1 aliphatic carbocycles. The number of halogens is 1. The third-order valence-electron chi connectivity index (χ3n) is 3.17. The van der Waals surface area contributed by atoms with Crippen LogP contribution in [0.2, 0.25) is 5.15 Å². The van der Waals surface area contributed by atoms with E-state index < -0.39 is 0 Å². The van der Waals surface area contributed by atoms with Crippen molar-refractivity contribution in [2.75, 3.05) is 5.84 Å². The Labute approximate surface area is 102 Å². The van der Waals surface area contributed by atoms with E-state index in [0.29, 0.717) is 28.6 Å². The molecule has 1 aliphatic rings. The van der Waals surface area contributed by atoms with Crippen LogP contribution in [0.1, 0.15) is 31.0 Å². The molecule has 2 atom stereocenters. The average molecular weight is 254 g/mol. The molecular formula is C10H12ClN5O. The Hall–Kier alpha value is -1.40. The van der Waals surface area contributed by atoms with Crippen LogP contribution in [-0.2, 0) is 0 Å². The molecule has 3 rings (SSSR count). The number of imidazole rings is 1. The highest BCUT2D eigenvalue weighted by Gasteiger charge is 2.27. The maximum absolute atomic E-state index is 9.52. The molecule has 0 unspecified atom stereocenters. The van der Waals surface area contributed by atoms with Gasteiger partial charge in [0.15, 0.2) is 10.8 Å². The summed E-state index contributed by atoms with van der Waals surface area (Å²) in [6.07, 6.45) is 3.55. The summed E-state index contributed by atoms with van der Waals surface area (Å²) in [6, 6.07) is 0. The van der Waals surface area contributed by atoms with Crippen molar-refractivity contribution in [1.82, 2.24) is 19.6 Å². The highest BCUT2D eigenvalue weighted by molar-refractivity contribution is 6.33. The van der Waals surface area contributed by atoms with Crippen molar-refractivity contribution in [3.05, 3.63) is 17.3 Å². The minimum absolute atomic E-state index is 0.162. The number of aliphatic hydroxyl groups is 1. The molecule has 0 saturated heterocycles. The quantitative estimate of drug-likeness (QED) is 0.580. The maximum Gasteiger partial charge on any atom is 0.184 e. The molecule has 0 bridgehead atoms. The van der Waals surface area contributed by atoms with Crippen molar-refractivity contribution < 1.29 is 5.11 Å². The van der Waals surface area contributed by atoms with Gasteiger partial charge in [-0.2, -0.15) is 0 Å². The predicted molar refractivity (Wildman–Crippen MR) is 63.1 cm³/mol. The molecule has 1 saturated carbocycles. The number of nitrogen functional groups attached to an aromatic ring is 1. The van der Waals surface area contributed by atoms with Gasteiger partial charge in [-0.05, 0) is 19.3 Å². The first-order chi connectivity index (χ1) is 8.15. The molecule has 0 spiro atoms. The van der Waals surface area contributed by atoms with E-state index in [-0.39, 0.29) is 12.0 Å². The van der Waals surface area contributed by atoms with E-state index in [4.69, 9.17) is 17.4 Å². The van der Waals surface area contributed by atoms with Gasteiger partial charge in [0.1, 0.15) is 17.7 Å². The zero-order valence-corrected chi connectivity index (χ0v) is 9.80. The van der Waals surface area contributed by atoms with Crippen LogP contribution in [0, 0.1) is 0 Å². The Kier molecular flexibility index (Phi) is 2.41. The minimum Gasteiger partial charge on any atom is -0.393 e. The van der Waals surface area contributed by atoms with Crippen LogP contribution < -0.4 is 5.84 Å². The van der Waals surface area contributed by atoms with E-state index in [1.807, 2.05) is 0 Å². The van der Waals surface area contributed by atoms with Gasteiger partial charge in [0, 0.05) is 5.92 Å². The van der Waals surface area contributed by atoms with Gasteiger partial charge in [-0.25, -0.2) is 19.6 Å². The van der Waals surface area contributed by atoms with Crippen molar-refractivity contribution in [3.63, 3.8) is 0 Å². The second-order valence-corrected chi connectivity index (χ2v) is 4.72. The van der Waals surface area contributed by atoms with E-state index in [1.165, 1.54) is 11.0 Å². The van der Waals surface area contributed by atoms with Crippen LogP contribution in [0.4, 0.5) is 0 Å². The SMILES string of the molecule is Nn1cnc2nc([C@@H]3CC[C@@H](O)C3)nc(Cl)c21. The van der Waals surface area contributed by atoms with Crippen LogP contribution in [0.25, 0.3) is 11.2 Å². The summed E-state index contributed by atoms with van der Waals surface area (Å²) < 4.78 is 1.31. The molecule has 1 fully saturated rings. The van der Waals surface area contributed by atoms with Gasteiger partial charge in [0.25, 0.3) is 0 Å². The molecule has 3 N–H and O–H groups in total. The number of nitrogens with zero attached hydrogens (tertiary/aromatic N) is 4. The number of aliphatic hydroxyl groups excluding tert-OH is 1. The van der Waals surface area contributed by atoms with Gasteiger partial charge in [0.05, 0.1) is 6.10 Å². The number of aromatic nitrogens is 4. The molecule has 2 heterocycles. The highest BCUT2D eigenvalue weighted by atomic mass is 35.5. The Morgan fingerprint density at radius 3 is 2.94 bits per heavy atom. The topological polar surface area (TPSA) is 89.9 Å². The molecular weight excluding hydrogens is 242 g/mol. The lowest BCUT2D eigenvalue weighted by Gasteiger charge is -2.08. The first-order valence-corrected chi connectivity index (χ1v) is 5.86. The summed E-state index contributed by atoms with van der Waals surface area (Å²) in [5.41, 5.74) is 1.04. The number of fused-ring (bicyclic) bond motifs is 1. The normalized spacial score (nSPS) is 24.6. The maximum atomic E-state index is 9.52. The molecule has 2 aromatic rings. The number of hydrogen-bond donors (Lipinski definition) is 2. The fourth-order valence-corrected chi connectivity index (χ4v) is 2.56. The zero-order chi connectivity index (χ0) is 12.0. The summed E-state index contributed by atoms with van der Waals surface area (Å²) in [5.74, 6) is 6.46. The molecule has 0 amide bonds. The van der Waals surface area contributed by atoms with Crippen molar-refractivity contribution in [2.45, 2.75) is 31.3 Å². The molecule has 6 nitrogen and oxygen atoms in total. The highest BCUT2D eigenvalue weighted by Crippen LogP contribution is 2.33. The molecule has 17 heavy (non-hydrogen) atoms. The number of nitrogens with two attached hydrogens (primary N) is 1. The lowest BCUT2D eigenvalue weighted by atomic mass is 10.1. The first kappa shape index (κ1) is 10.7. The third-order valence-corrected chi connectivity index (χ3v) is 3.44. The Morgan fingerprint density at radius 1 is 1.41 bits per heavy atom. The van der Waals surface area contributed by atoms with E-state index in [9.17, 15) is 5.11 Å². The summed E-state index contributed by atoms with van der Waals surface area (Å²) >= 11 is 6.07. The molecule has 90 valence electrons. The van der Waals surface area contributed by atoms with E-state index in [1.54, 1.807) is 0 Å². The molecule has 7 heteroatoms. The summed E-state index contributed by atoms with van der Waals surface area (Å²) in [4.78, 5) is 12.7. The minimum atomic E-state index is -0.259. The first-order valence-electron chi connectivity index (χ1n) is 5.49. The molecule has 0 radical (unpaired) electrons. The second kappa shape index (κ2) is 3.82. The van der Waals surface area contributed by atoms with Gasteiger partial charge in [0.2, 0.25) is 0 Å². The predicted octanol–water partition coefficient (Wildman–Crippen LogP) is 0.822. The van der Waals surface area contributed by atoms with Gasteiger partial charge in [-0.3, -0.25) is 0 Å². The number of rotatable bonds is 1. The lowest BCUT2D eigenvalue weighted by molar-refractivity contribution is 0.181. The summed E-state index contributed by atoms with van der Waals surface area (Å²) in [5, 5.41) is 9.83. The van der Waals surface area contributed by atoms with Gasteiger partial charge < -0.3 is 10.9 Å². The van der Waals surface area contributed by atoms with Crippen molar-refractivity contribution >= 4 is 22.8 Å². The van der Waals surface area contributed by atoms with Crippen molar-refractivity contribution in [2.24, 2.45) is 0 Å². The van der Waals surface area contributed by atoms with Crippen molar-refractivity contribution in [1.29, 1.82) is 0 Å². The lowest BCUT2D eigenvalue weighted by Crippen LogP contribution is -2.08. The average Bonchev–Trinajstić information content (AvgIpc) is 2.86. The van der Waals surface area contributed by atoms with Crippen LogP contribution in [0.5, 0.6) is 0 Å². The third kappa shape index (κ3) is 1.73. The molecule has 0 aliphatic heterocycles. The van der Waals surface area contributed by atoms with Gasteiger partial charge in [-0.1, -0.05) is 11.6 Å². The summed E-state index contributed by atoms with van der Waals surface area (Å²) in [6.45, 7) is 0. The van der Waals surface area contributed by atoms with E-state index in [0.717, 1.165) is 12.8 Å². The van der Waals surface area contributed by atoms with Gasteiger partial charge >= 0.3 is 0 Å². The Morgan fingerprint density at radius 2 is 2.24 bits per heavy atom. The fourth-order valence-electron chi connectivity index (χ4n) is 2.29. The fraction of sp³-hybridized carbons (Fsp3) is 0.500. The Balaban J connectivity index is 2.07. The van der Waals surface area contributed by atoms with Crippen LogP contribution >= 0.6 is 11.6 Å². The van der Waals surface area contributed by atoms with Crippen LogP contribution in [-0.4, -0.2) is 30.8 Å². The standard InChI is InChI=1S/C10H12ClN5O/c11-8-7-10(13-4-16(7)12)15-9(14-8)5-1-2-6(17)3-5/h4-6,17H,1-3,12H2/t5-,6-/m1/s1. The second-order valence-electron chi connectivity index (χ2n) is 4.36.